The summed E-state index contributed by atoms with van der Waals surface area (Å²) in [4.78, 5) is 43.0. The Morgan fingerprint density at radius 2 is 1.43 bits per heavy atom. The lowest BCUT2D eigenvalue weighted by Crippen LogP contribution is -2.44. The number of aryl methyl sites for hydroxylation is 2. The van der Waals surface area contributed by atoms with Gasteiger partial charge in [-0.2, -0.15) is 0 Å². The summed E-state index contributed by atoms with van der Waals surface area (Å²) < 4.78 is 2.32. The average molecular weight is 628 g/mol. The Kier molecular flexibility index (Phi) is 8.73. The van der Waals surface area contributed by atoms with Crippen molar-refractivity contribution in [2.75, 3.05) is 28.6 Å². The van der Waals surface area contributed by atoms with Crippen LogP contribution in [0.15, 0.2) is 30.0 Å². The third-order valence-corrected chi connectivity index (χ3v) is 9.32. The van der Waals surface area contributed by atoms with E-state index in [0.29, 0.717) is 22.2 Å². The van der Waals surface area contributed by atoms with Crippen LogP contribution in [0.2, 0.25) is 0 Å². The fraction of sp³-hybridized carbons (Fsp3) is 0.526. The number of nitrogens with one attached hydrogen (secondary N) is 2. The number of carbonyl (C=O) groups excluding carboxylic acids is 3. The number of Topliss-reactive ketones (excluding diaryl/α,β-unsaturated/α-hetero) is 1. The van der Waals surface area contributed by atoms with E-state index in [2.05, 4.69) is 47.8 Å². The number of amides is 2. The number of benzene rings is 2. The maximum Gasteiger partial charge on any atom is 0.229 e. The van der Waals surface area contributed by atoms with Crippen LogP contribution in [0.3, 0.4) is 0 Å². The lowest BCUT2D eigenvalue weighted by Gasteiger charge is -2.36. The van der Waals surface area contributed by atoms with Crippen LogP contribution < -0.4 is 30.7 Å². The van der Waals surface area contributed by atoms with E-state index in [1.807, 2.05) is 65.8 Å². The summed E-state index contributed by atoms with van der Waals surface area (Å²) in [5.41, 5.74) is 3.84. The number of anilines is 3. The topological polar surface area (TPSA) is 102 Å². The van der Waals surface area contributed by atoms with E-state index in [-0.39, 0.29) is 46.6 Å². The Hall–Kier alpha value is -3.94. The monoisotopic (exact) mass is 627 g/mol. The lowest BCUT2D eigenvalue weighted by molar-refractivity contribution is -0.123. The third-order valence-electron chi connectivity index (χ3n) is 9.32. The molecule has 0 unspecified atom stereocenters. The Balaban J connectivity index is 1.75. The predicted molar refractivity (Wildman–Crippen MR) is 187 cm³/mol. The zero-order valence-electron chi connectivity index (χ0n) is 29.3. The van der Waals surface area contributed by atoms with Gasteiger partial charge in [0.25, 0.3) is 0 Å². The van der Waals surface area contributed by atoms with E-state index in [4.69, 9.17) is 0 Å². The minimum atomic E-state index is -0.657. The largest absolute Gasteiger partial charge is 0.506 e. The number of fused-ring (bicyclic) bond motifs is 2. The predicted octanol–water partition coefficient (Wildman–Crippen LogP) is 5.37. The first-order valence-electron chi connectivity index (χ1n) is 16.8. The maximum atomic E-state index is 14.2. The molecule has 0 saturated carbocycles. The smallest absolute Gasteiger partial charge is 0.229 e. The number of hydrogen-bond donors (Lipinski definition) is 3. The summed E-state index contributed by atoms with van der Waals surface area (Å²) in [6, 6.07) is 8.41. The van der Waals surface area contributed by atoms with E-state index in [1.165, 1.54) is 0 Å². The summed E-state index contributed by atoms with van der Waals surface area (Å²) in [6.45, 7) is 21.5. The molecule has 2 aromatic rings. The number of carbonyl (C=O) groups is 3. The van der Waals surface area contributed by atoms with Gasteiger partial charge >= 0.3 is 0 Å². The zero-order valence-corrected chi connectivity index (χ0v) is 29.3. The molecule has 2 aromatic carbocycles. The highest BCUT2D eigenvalue weighted by atomic mass is 16.3. The maximum absolute atomic E-state index is 14.2. The first-order valence-corrected chi connectivity index (χ1v) is 16.8. The van der Waals surface area contributed by atoms with Gasteiger partial charge in [-0.1, -0.05) is 41.5 Å². The summed E-state index contributed by atoms with van der Waals surface area (Å²) >= 11 is 0. The molecule has 3 N–H and O–H groups in total. The normalized spacial score (nSPS) is 18.0. The van der Waals surface area contributed by atoms with Crippen LogP contribution in [0.5, 0.6) is 0 Å². The molecule has 0 fully saturated rings. The van der Waals surface area contributed by atoms with Crippen molar-refractivity contribution in [2.45, 2.75) is 107 Å². The Bertz CT molecular complexity index is 1780. The molecule has 0 spiro atoms. The average Bonchev–Trinajstić information content (AvgIpc) is 2.95. The molecule has 46 heavy (non-hydrogen) atoms. The van der Waals surface area contributed by atoms with Gasteiger partial charge < -0.3 is 20.6 Å². The molecule has 2 amide bonds. The number of aliphatic hydroxyl groups excluding tert-OH is 1. The van der Waals surface area contributed by atoms with Gasteiger partial charge in [0.15, 0.2) is 0 Å². The van der Waals surface area contributed by atoms with Crippen molar-refractivity contribution in [1.29, 1.82) is 0 Å². The lowest BCUT2D eigenvalue weighted by atomic mass is 9.79. The van der Waals surface area contributed by atoms with Crippen LogP contribution in [-0.4, -0.2) is 47.9 Å². The van der Waals surface area contributed by atoms with Gasteiger partial charge in [0.2, 0.25) is 23.0 Å². The van der Waals surface area contributed by atoms with Crippen LogP contribution in [-0.2, 0) is 27.2 Å². The van der Waals surface area contributed by atoms with Gasteiger partial charge in [-0.25, -0.2) is 4.58 Å². The number of allylic oxidation sites excluding steroid dienone is 2. The van der Waals surface area contributed by atoms with Crippen molar-refractivity contribution in [3.8, 4) is 0 Å². The molecule has 246 valence electrons. The van der Waals surface area contributed by atoms with Crippen LogP contribution in [0, 0.1) is 10.8 Å². The third kappa shape index (κ3) is 6.10. The van der Waals surface area contributed by atoms with Crippen LogP contribution in [0.25, 0.3) is 11.1 Å². The number of hydrogen-bond acceptors (Lipinski definition) is 5. The second-order valence-corrected chi connectivity index (χ2v) is 15.7. The molecule has 5 rings (SSSR count). The van der Waals surface area contributed by atoms with Gasteiger partial charge in [-0.05, 0) is 70.7 Å². The SMILES string of the molecule is CC(C)N1CCCc2cc(C3=C(O)/C(=c4\cc5c(cc4NC(=O)C(C)(C)C)=[N+](C(C)C)CCC5)C3=O)c(NC(=O)C(C)(C)C)cc21. The minimum absolute atomic E-state index is 0.115. The molecule has 0 bridgehead atoms. The first kappa shape index (κ1) is 33.4. The fourth-order valence-electron chi connectivity index (χ4n) is 6.54. The number of nitrogens with zero attached hydrogens (tertiary/aromatic N) is 2. The number of rotatable bonds is 5. The van der Waals surface area contributed by atoms with E-state index >= 15 is 0 Å². The van der Waals surface area contributed by atoms with Gasteiger partial charge in [0.1, 0.15) is 18.3 Å². The second-order valence-electron chi connectivity index (χ2n) is 15.7. The molecule has 2 aliphatic heterocycles. The van der Waals surface area contributed by atoms with E-state index in [1.54, 1.807) is 0 Å². The molecular weight excluding hydrogens is 576 g/mol. The van der Waals surface area contributed by atoms with E-state index in [9.17, 15) is 19.5 Å². The van der Waals surface area contributed by atoms with Gasteiger partial charge in [-0.3, -0.25) is 14.4 Å². The van der Waals surface area contributed by atoms with Crippen LogP contribution in [0.1, 0.15) is 98.8 Å². The van der Waals surface area contributed by atoms with Gasteiger partial charge in [0.05, 0.1) is 22.5 Å². The van der Waals surface area contributed by atoms with Crippen LogP contribution in [0.4, 0.5) is 17.1 Å². The highest BCUT2D eigenvalue weighted by Gasteiger charge is 2.39. The highest BCUT2D eigenvalue weighted by molar-refractivity contribution is 6.52. The Morgan fingerprint density at radius 3 is 2.00 bits per heavy atom. The van der Waals surface area contributed by atoms with Crippen molar-refractivity contribution in [2.24, 2.45) is 10.8 Å². The van der Waals surface area contributed by atoms with E-state index < -0.39 is 10.8 Å². The first-order chi connectivity index (χ1) is 21.4. The summed E-state index contributed by atoms with van der Waals surface area (Å²) in [6.07, 6.45) is 3.65. The quantitative estimate of drug-likeness (QED) is 0.388. The molecule has 0 saturated heterocycles. The van der Waals surface area contributed by atoms with Crippen molar-refractivity contribution in [3.05, 3.63) is 57.3 Å². The summed E-state index contributed by atoms with van der Waals surface area (Å²) in [5, 5.41) is 19.5. The zero-order chi connectivity index (χ0) is 33.9. The molecule has 0 radical (unpaired) electrons. The van der Waals surface area contributed by atoms with Crippen molar-refractivity contribution >= 4 is 45.8 Å². The second kappa shape index (κ2) is 12.0. The van der Waals surface area contributed by atoms with Crippen molar-refractivity contribution in [3.63, 3.8) is 0 Å². The molecule has 0 atom stereocenters. The molecule has 8 nitrogen and oxygen atoms in total. The van der Waals surface area contributed by atoms with Crippen molar-refractivity contribution < 1.29 is 19.5 Å². The molecule has 8 heteroatoms. The number of ketones is 1. The Morgan fingerprint density at radius 1 is 0.826 bits per heavy atom. The molecular formula is C38H51N4O4+. The highest BCUT2D eigenvalue weighted by Crippen LogP contribution is 2.44. The Labute approximate surface area is 273 Å². The van der Waals surface area contributed by atoms with Gasteiger partial charge in [0, 0.05) is 57.9 Å². The molecule has 1 aliphatic carbocycles. The standard InChI is InChI=1S/C38H50N4O4/c1-21(2)41-15-11-13-23-17-25(27(19-29(23)41)39-35(45)37(5,6)7)31-33(43)32(34(31)44)26-18-24-14-12-16-42(22(3)4)30(24)20-28(26)40-36(46)38(8,9)10/h17-22H,11-16H2,1-10H3,(H2,39,40,43,44,45,46)/p+1. The van der Waals surface area contributed by atoms with E-state index in [0.717, 1.165) is 60.9 Å². The molecule has 0 aromatic heterocycles. The molecule has 3 aliphatic rings. The summed E-state index contributed by atoms with van der Waals surface area (Å²) in [5.74, 6) is -0.764. The summed E-state index contributed by atoms with van der Waals surface area (Å²) in [7, 11) is 0. The van der Waals surface area contributed by atoms with Crippen molar-refractivity contribution in [1.82, 2.24) is 4.58 Å². The fourth-order valence-corrected chi connectivity index (χ4v) is 6.54. The van der Waals surface area contributed by atoms with Gasteiger partial charge in [-0.15, -0.1) is 0 Å². The molecule has 2 heterocycles. The van der Waals surface area contributed by atoms with Crippen LogP contribution >= 0.6 is 0 Å². The number of aliphatic hydroxyl groups is 1. The minimum Gasteiger partial charge on any atom is -0.506 e.